The van der Waals surface area contributed by atoms with E-state index < -0.39 is 9.84 Å². The molecule has 1 aromatic rings. The molecule has 1 aromatic carbocycles. The van der Waals surface area contributed by atoms with Crippen LogP contribution in [0.25, 0.3) is 0 Å². The smallest absolute Gasteiger partial charge is 0.151 e. The standard InChI is InChI=1S/C14H20FNO2S/c1-19(17,18)14-4-2-3-13(14)16-10-9-11-5-7-12(15)8-6-11/h5-8,13-14,16H,2-4,9-10H2,1H3. The van der Waals surface area contributed by atoms with E-state index in [1.165, 1.54) is 18.4 Å². The van der Waals surface area contributed by atoms with Gasteiger partial charge in [0.05, 0.1) is 5.25 Å². The fourth-order valence-corrected chi connectivity index (χ4v) is 4.15. The molecule has 1 saturated carbocycles. The quantitative estimate of drug-likeness (QED) is 0.899. The zero-order chi connectivity index (χ0) is 13.9. The van der Waals surface area contributed by atoms with Crippen LogP contribution in [0.4, 0.5) is 4.39 Å². The third-order valence-electron chi connectivity index (χ3n) is 3.74. The van der Waals surface area contributed by atoms with Gasteiger partial charge in [-0.2, -0.15) is 0 Å². The lowest BCUT2D eigenvalue weighted by Crippen LogP contribution is -2.40. The number of hydrogen-bond donors (Lipinski definition) is 1. The molecule has 1 N–H and O–H groups in total. The number of halogens is 1. The summed E-state index contributed by atoms with van der Waals surface area (Å²) in [5.74, 6) is -0.232. The Bertz CT molecular complexity index is 513. The molecule has 0 bridgehead atoms. The van der Waals surface area contributed by atoms with E-state index in [0.29, 0.717) is 0 Å². The summed E-state index contributed by atoms with van der Waals surface area (Å²) in [5.41, 5.74) is 1.06. The third-order valence-corrected chi connectivity index (χ3v) is 5.40. The Morgan fingerprint density at radius 1 is 1.26 bits per heavy atom. The van der Waals surface area contributed by atoms with E-state index in [0.717, 1.165) is 37.8 Å². The summed E-state index contributed by atoms with van der Waals surface area (Å²) in [5, 5.41) is 3.08. The third kappa shape index (κ3) is 4.01. The van der Waals surface area contributed by atoms with Crippen LogP contribution in [-0.4, -0.2) is 32.5 Å². The molecule has 2 unspecified atom stereocenters. The van der Waals surface area contributed by atoms with Crippen molar-refractivity contribution in [2.45, 2.75) is 37.0 Å². The van der Waals surface area contributed by atoms with E-state index in [1.54, 1.807) is 12.1 Å². The average Bonchev–Trinajstić information content (AvgIpc) is 2.80. The predicted molar refractivity (Wildman–Crippen MR) is 74.4 cm³/mol. The van der Waals surface area contributed by atoms with Crippen LogP contribution in [0.1, 0.15) is 24.8 Å². The van der Waals surface area contributed by atoms with Crippen LogP contribution in [0.15, 0.2) is 24.3 Å². The molecule has 2 rings (SSSR count). The second-order valence-corrected chi connectivity index (χ2v) is 7.50. The van der Waals surface area contributed by atoms with E-state index >= 15 is 0 Å². The first-order valence-electron chi connectivity index (χ1n) is 6.63. The molecule has 0 saturated heterocycles. The summed E-state index contributed by atoms with van der Waals surface area (Å²) >= 11 is 0. The Morgan fingerprint density at radius 3 is 2.58 bits per heavy atom. The predicted octanol–water partition coefficient (Wildman–Crippen LogP) is 1.92. The molecule has 1 aliphatic carbocycles. The molecule has 0 aromatic heterocycles. The first kappa shape index (κ1) is 14.5. The number of rotatable bonds is 5. The van der Waals surface area contributed by atoms with E-state index in [9.17, 15) is 12.8 Å². The van der Waals surface area contributed by atoms with Gasteiger partial charge in [-0.3, -0.25) is 0 Å². The van der Waals surface area contributed by atoms with Crippen LogP contribution in [-0.2, 0) is 16.3 Å². The van der Waals surface area contributed by atoms with Crippen LogP contribution in [0, 0.1) is 5.82 Å². The lowest BCUT2D eigenvalue weighted by Gasteiger charge is -2.19. The molecule has 1 aliphatic rings. The van der Waals surface area contributed by atoms with Gasteiger partial charge in [0.15, 0.2) is 9.84 Å². The molecule has 0 radical (unpaired) electrons. The lowest BCUT2D eigenvalue weighted by molar-refractivity contribution is 0.510. The van der Waals surface area contributed by atoms with Crippen molar-refractivity contribution in [3.63, 3.8) is 0 Å². The molecule has 0 spiro atoms. The van der Waals surface area contributed by atoms with Gasteiger partial charge in [0.1, 0.15) is 5.82 Å². The maximum absolute atomic E-state index is 12.8. The summed E-state index contributed by atoms with van der Waals surface area (Å²) in [4.78, 5) is 0. The minimum atomic E-state index is -2.96. The summed E-state index contributed by atoms with van der Waals surface area (Å²) < 4.78 is 36.0. The molecule has 0 heterocycles. The largest absolute Gasteiger partial charge is 0.312 e. The van der Waals surface area contributed by atoms with E-state index in [4.69, 9.17) is 0 Å². The van der Waals surface area contributed by atoms with Crippen LogP contribution in [0.5, 0.6) is 0 Å². The monoisotopic (exact) mass is 285 g/mol. The molecule has 2 atom stereocenters. The minimum Gasteiger partial charge on any atom is -0.312 e. The number of benzene rings is 1. The normalized spacial score (nSPS) is 23.7. The average molecular weight is 285 g/mol. The second kappa shape index (κ2) is 6.01. The van der Waals surface area contributed by atoms with Gasteiger partial charge < -0.3 is 5.32 Å². The molecule has 0 aliphatic heterocycles. The van der Waals surface area contributed by atoms with Crippen LogP contribution in [0.2, 0.25) is 0 Å². The molecule has 106 valence electrons. The van der Waals surface area contributed by atoms with Gasteiger partial charge in [-0.25, -0.2) is 12.8 Å². The van der Waals surface area contributed by atoms with Gasteiger partial charge >= 0.3 is 0 Å². The second-order valence-electron chi connectivity index (χ2n) is 5.24. The van der Waals surface area contributed by atoms with Crippen molar-refractivity contribution in [2.24, 2.45) is 0 Å². The van der Waals surface area contributed by atoms with Crippen molar-refractivity contribution in [3.8, 4) is 0 Å². The first-order valence-corrected chi connectivity index (χ1v) is 8.59. The Labute approximate surface area is 114 Å². The van der Waals surface area contributed by atoms with Gasteiger partial charge in [0, 0.05) is 12.3 Å². The molecular weight excluding hydrogens is 265 g/mol. The van der Waals surface area contributed by atoms with Crippen molar-refractivity contribution in [1.82, 2.24) is 5.32 Å². The van der Waals surface area contributed by atoms with Crippen molar-refractivity contribution in [3.05, 3.63) is 35.6 Å². The zero-order valence-corrected chi connectivity index (χ0v) is 11.9. The highest BCUT2D eigenvalue weighted by Gasteiger charge is 2.34. The Morgan fingerprint density at radius 2 is 1.95 bits per heavy atom. The van der Waals surface area contributed by atoms with E-state index in [-0.39, 0.29) is 17.1 Å². The molecule has 5 heteroatoms. The Balaban J connectivity index is 1.84. The van der Waals surface area contributed by atoms with Gasteiger partial charge in [0.25, 0.3) is 0 Å². The fraction of sp³-hybridized carbons (Fsp3) is 0.571. The van der Waals surface area contributed by atoms with Crippen molar-refractivity contribution < 1.29 is 12.8 Å². The topological polar surface area (TPSA) is 46.2 Å². The lowest BCUT2D eigenvalue weighted by atomic mass is 10.1. The molecular formula is C14H20FNO2S. The number of sulfone groups is 1. The summed E-state index contributed by atoms with van der Waals surface area (Å²) in [7, 11) is -2.96. The van der Waals surface area contributed by atoms with Crippen LogP contribution < -0.4 is 5.32 Å². The molecule has 19 heavy (non-hydrogen) atoms. The maximum Gasteiger partial charge on any atom is 0.151 e. The van der Waals surface area contributed by atoms with Gasteiger partial charge in [-0.05, 0) is 43.5 Å². The molecule has 1 fully saturated rings. The van der Waals surface area contributed by atoms with Crippen LogP contribution in [0.3, 0.4) is 0 Å². The number of nitrogens with one attached hydrogen (secondary N) is 1. The Kier molecular flexibility index (Phi) is 4.58. The van der Waals surface area contributed by atoms with Gasteiger partial charge in [0.2, 0.25) is 0 Å². The van der Waals surface area contributed by atoms with Crippen molar-refractivity contribution in [2.75, 3.05) is 12.8 Å². The zero-order valence-electron chi connectivity index (χ0n) is 11.1. The number of hydrogen-bond acceptors (Lipinski definition) is 3. The minimum absolute atomic E-state index is 0.0652. The van der Waals surface area contributed by atoms with Gasteiger partial charge in [-0.1, -0.05) is 18.6 Å². The Hall–Kier alpha value is -0.940. The maximum atomic E-state index is 12.8. The molecule has 3 nitrogen and oxygen atoms in total. The van der Waals surface area contributed by atoms with Crippen LogP contribution >= 0.6 is 0 Å². The summed E-state index contributed by atoms with van der Waals surface area (Å²) in [6, 6.07) is 6.49. The highest BCUT2D eigenvalue weighted by Crippen LogP contribution is 2.24. The SMILES string of the molecule is CS(=O)(=O)C1CCCC1NCCc1ccc(F)cc1. The highest BCUT2D eigenvalue weighted by molar-refractivity contribution is 7.91. The summed E-state index contributed by atoms with van der Waals surface area (Å²) in [6.45, 7) is 0.725. The van der Waals surface area contributed by atoms with Crippen molar-refractivity contribution in [1.29, 1.82) is 0 Å². The highest BCUT2D eigenvalue weighted by atomic mass is 32.2. The van der Waals surface area contributed by atoms with Gasteiger partial charge in [-0.15, -0.1) is 0 Å². The summed E-state index contributed by atoms with van der Waals surface area (Å²) in [6.07, 6.45) is 4.74. The fourth-order valence-electron chi connectivity index (χ4n) is 2.72. The van der Waals surface area contributed by atoms with Crippen molar-refractivity contribution >= 4 is 9.84 Å². The molecule has 0 amide bonds. The first-order chi connectivity index (χ1) is 8.97. The van der Waals surface area contributed by atoms with E-state index in [2.05, 4.69) is 5.32 Å². The van der Waals surface area contributed by atoms with E-state index in [1.807, 2.05) is 0 Å².